The molecule has 1 aliphatic rings. The standard InChI is InChI=1S/C20H22N4O2S/c1-2-26-16-7-5-14(6-8-16)20(25)21-15-9-10-24(13-15)19-12-17(22-23-19)18-4-3-11-27-18/h3-8,11-12,15H,2,9-10,13H2,1H3,(H,21,25)(H,22,23)/t15-/m0/s1. The predicted octanol–water partition coefficient (Wildman–Crippen LogP) is 3.55. The molecule has 4 rings (SSSR count). The molecule has 0 aliphatic carbocycles. The first-order valence-corrected chi connectivity index (χ1v) is 9.99. The lowest BCUT2D eigenvalue weighted by molar-refractivity contribution is 0.0940. The number of aromatic amines is 1. The van der Waals surface area contributed by atoms with Gasteiger partial charge in [0.1, 0.15) is 5.75 Å². The maximum atomic E-state index is 12.5. The summed E-state index contributed by atoms with van der Waals surface area (Å²) in [5.41, 5.74) is 1.68. The number of aromatic nitrogens is 2. The van der Waals surface area contributed by atoms with E-state index in [2.05, 4.69) is 37.9 Å². The van der Waals surface area contributed by atoms with Crippen LogP contribution in [-0.4, -0.2) is 41.8 Å². The Balaban J connectivity index is 1.35. The number of H-pyrrole nitrogens is 1. The van der Waals surface area contributed by atoms with E-state index in [0.29, 0.717) is 12.2 Å². The molecule has 2 N–H and O–H groups in total. The van der Waals surface area contributed by atoms with Crippen molar-refractivity contribution in [3.8, 4) is 16.3 Å². The SMILES string of the molecule is CCOc1ccc(C(=O)N[C@H]2CCN(c3cc(-c4cccs4)[nH]n3)C2)cc1. The number of rotatable bonds is 6. The van der Waals surface area contributed by atoms with Gasteiger partial charge in [-0.05, 0) is 49.1 Å². The molecule has 7 heteroatoms. The van der Waals surface area contributed by atoms with Crippen molar-refractivity contribution in [2.45, 2.75) is 19.4 Å². The zero-order chi connectivity index (χ0) is 18.6. The summed E-state index contributed by atoms with van der Waals surface area (Å²) in [6.07, 6.45) is 0.907. The van der Waals surface area contributed by atoms with Gasteiger partial charge in [0.15, 0.2) is 5.82 Å². The van der Waals surface area contributed by atoms with Crippen LogP contribution in [0.4, 0.5) is 5.82 Å². The molecule has 0 bridgehead atoms. The fraction of sp³-hybridized carbons (Fsp3) is 0.300. The number of benzene rings is 1. The first-order chi connectivity index (χ1) is 13.2. The topological polar surface area (TPSA) is 70.2 Å². The molecule has 6 nitrogen and oxygen atoms in total. The molecule has 1 saturated heterocycles. The normalized spacial score (nSPS) is 16.5. The minimum Gasteiger partial charge on any atom is -0.494 e. The molecule has 1 atom stereocenters. The third kappa shape index (κ3) is 3.98. The highest BCUT2D eigenvalue weighted by molar-refractivity contribution is 7.13. The number of amides is 1. The van der Waals surface area contributed by atoms with E-state index in [4.69, 9.17) is 4.74 Å². The lowest BCUT2D eigenvalue weighted by atomic mass is 10.2. The summed E-state index contributed by atoms with van der Waals surface area (Å²) in [7, 11) is 0. The van der Waals surface area contributed by atoms with Crippen LogP contribution in [-0.2, 0) is 0 Å². The fourth-order valence-electron chi connectivity index (χ4n) is 3.26. The number of nitrogens with one attached hydrogen (secondary N) is 2. The lowest BCUT2D eigenvalue weighted by Gasteiger charge is -2.16. The van der Waals surface area contributed by atoms with Gasteiger partial charge in [-0.1, -0.05) is 6.07 Å². The van der Waals surface area contributed by atoms with Gasteiger partial charge in [-0.3, -0.25) is 9.89 Å². The zero-order valence-electron chi connectivity index (χ0n) is 15.1. The molecule has 1 fully saturated rings. The highest BCUT2D eigenvalue weighted by atomic mass is 32.1. The minimum absolute atomic E-state index is 0.0498. The van der Waals surface area contributed by atoms with Gasteiger partial charge in [0, 0.05) is 30.8 Å². The van der Waals surface area contributed by atoms with Crippen LogP contribution in [0.5, 0.6) is 5.75 Å². The van der Waals surface area contributed by atoms with E-state index < -0.39 is 0 Å². The van der Waals surface area contributed by atoms with E-state index in [-0.39, 0.29) is 11.9 Å². The smallest absolute Gasteiger partial charge is 0.251 e. The van der Waals surface area contributed by atoms with Crippen molar-refractivity contribution >= 4 is 23.1 Å². The highest BCUT2D eigenvalue weighted by Crippen LogP contribution is 2.27. The summed E-state index contributed by atoms with van der Waals surface area (Å²) in [4.78, 5) is 15.9. The van der Waals surface area contributed by atoms with Crippen molar-refractivity contribution in [3.05, 3.63) is 53.4 Å². The van der Waals surface area contributed by atoms with Crippen LogP contribution < -0.4 is 15.0 Å². The number of carbonyl (C=O) groups excluding carboxylic acids is 1. The van der Waals surface area contributed by atoms with Crippen LogP contribution in [0.1, 0.15) is 23.7 Å². The third-order valence-corrected chi connectivity index (χ3v) is 5.53. The maximum Gasteiger partial charge on any atom is 0.251 e. The zero-order valence-corrected chi connectivity index (χ0v) is 16.0. The van der Waals surface area contributed by atoms with E-state index in [9.17, 15) is 4.79 Å². The maximum absolute atomic E-state index is 12.5. The summed E-state index contributed by atoms with van der Waals surface area (Å²) in [5, 5.41) is 12.7. The van der Waals surface area contributed by atoms with E-state index >= 15 is 0 Å². The summed E-state index contributed by atoms with van der Waals surface area (Å²) >= 11 is 1.69. The second-order valence-electron chi connectivity index (χ2n) is 6.48. The van der Waals surface area contributed by atoms with Gasteiger partial charge in [0.25, 0.3) is 5.91 Å². The van der Waals surface area contributed by atoms with Crippen LogP contribution >= 0.6 is 11.3 Å². The molecule has 0 unspecified atom stereocenters. The Morgan fingerprint density at radius 1 is 1.37 bits per heavy atom. The number of thiophene rings is 1. The largest absolute Gasteiger partial charge is 0.494 e. The number of hydrogen-bond acceptors (Lipinski definition) is 5. The monoisotopic (exact) mass is 382 g/mol. The van der Waals surface area contributed by atoms with E-state index in [1.54, 1.807) is 23.5 Å². The molecular weight excluding hydrogens is 360 g/mol. The molecule has 3 aromatic rings. The van der Waals surface area contributed by atoms with Crippen molar-refractivity contribution < 1.29 is 9.53 Å². The average molecular weight is 382 g/mol. The molecule has 0 saturated carbocycles. The molecule has 1 amide bonds. The first kappa shape index (κ1) is 17.6. The Bertz CT molecular complexity index is 889. The van der Waals surface area contributed by atoms with E-state index in [1.165, 1.54) is 4.88 Å². The molecular formula is C20H22N4O2S. The average Bonchev–Trinajstić information content (AvgIpc) is 3.43. The third-order valence-electron chi connectivity index (χ3n) is 4.63. The van der Waals surface area contributed by atoms with Gasteiger partial charge in [-0.15, -0.1) is 11.3 Å². The summed E-state index contributed by atoms with van der Waals surface area (Å²) in [6.45, 7) is 4.19. The van der Waals surface area contributed by atoms with Crippen LogP contribution in [0.3, 0.4) is 0 Å². The van der Waals surface area contributed by atoms with Crippen LogP contribution in [0.25, 0.3) is 10.6 Å². The minimum atomic E-state index is -0.0498. The molecule has 140 valence electrons. The van der Waals surface area contributed by atoms with E-state index in [1.807, 2.05) is 25.1 Å². The second-order valence-corrected chi connectivity index (χ2v) is 7.43. The molecule has 0 radical (unpaired) electrons. The summed E-state index contributed by atoms with van der Waals surface area (Å²) in [5.74, 6) is 1.66. The van der Waals surface area contributed by atoms with Crippen LogP contribution in [0, 0.1) is 0 Å². The Labute approximate surface area is 162 Å². The van der Waals surface area contributed by atoms with Crippen LogP contribution in [0.2, 0.25) is 0 Å². The van der Waals surface area contributed by atoms with Gasteiger partial charge in [-0.2, -0.15) is 5.10 Å². The number of anilines is 1. The van der Waals surface area contributed by atoms with Crippen LogP contribution in [0.15, 0.2) is 47.8 Å². The van der Waals surface area contributed by atoms with Gasteiger partial charge in [-0.25, -0.2) is 0 Å². The Kier molecular flexibility index (Phi) is 5.11. The lowest BCUT2D eigenvalue weighted by Crippen LogP contribution is -2.37. The summed E-state index contributed by atoms with van der Waals surface area (Å²) < 4.78 is 5.42. The van der Waals surface area contributed by atoms with Crippen molar-refractivity contribution in [2.24, 2.45) is 0 Å². The number of carbonyl (C=O) groups is 1. The molecule has 2 aromatic heterocycles. The Morgan fingerprint density at radius 2 is 2.22 bits per heavy atom. The molecule has 1 aromatic carbocycles. The van der Waals surface area contributed by atoms with Gasteiger partial charge in [0.2, 0.25) is 0 Å². The second kappa shape index (κ2) is 7.84. The quantitative estimate of drug-likeness (QED) is 0.684. The number of hydrogen-bond donors (Lipinski definition) is 2. The Hall–Kier alpha value is -2.80. The summed E-state index contributed by atoms with van der Waals surface area (Å²) in [6, 6.07) is 13.6. The van der Waals surface area contributed by atoms with Gasteiger partial charge >= 0.3 is 0 Å². The molecule has 27 heavy (non-hydrogen) atoms. The van der Waals surface area contributed by atoms with Crippen molar-refractivity contribution in [1.82, 2.24) is 15.5 Å². The van der Waals surface area contributed by atoms with Crippen molar-refractivity contribution in [1.29, 1.82) is 0 Å². The predicted molar refractivity (Wildman–Crippen MR) is 108 cm³/mol. The highest BCUT2D eigenvalue weighted by Gasteiger charge is 2.26. The molecule has 3 heterocycles. The fourth-order valence-corrected chi connectivity index (χ4v) is 3.95. The van der Waals surface area contributed by atoms with E-state index in [0.717, 1.165) is 36.8 Å². The number of nitrogens with zero attached hydrogens (tertiary/aromatic N) is 2. The first-order valence-electron chi connectivity index (χ1n) is 9.11. The van der Waals surface area contributed by atoms with Crippen molar-refractivity contribution in [3.63, 3.8) is 0 Å². The number of ether oxygens (including phenoxy) is 1. The Morgan fingerprint density at radius 3 is 2.96 bits per heavy atom. The van der Waals surface area contributed by atoms with Crippen molar-refractivity contribution in [2.75, 3.05) is 24.6 Å². The molecule has 1 aliphatic heterocycles. The van der Waals surface area contributed by atoms with Gasteiger partial charge in [0.05, 0.1) is 17.2 Å². The van der Waals surface area contributed by atoms with Gasteiger partial charge < -0.3 is 15.0 Å². The molecule has 0 spiro atoms.